The molecule has 0 radical (unpaired) electrons. The van der Waals surface area contributed by atoms with E-state index in [4.69, 9.17) is 0 Å². The van der Waals surface area contributed by atoms with E-state index in [-0.39, 0.29) is 18.0 Å². The van der Waals surface area contributed by atoms with E-state index < -0.39 is 0 Å². The van der Waals surface area contributed by atoms with Gasteiger partial charge in [-0.15, -0.1) is 0 Å². The van der Waals surface area contributed by atoms with Crippen LogP contribution in [-0.4, -0.2) is 33.7 Å². The van der Waals surface area contributed by atoms with Crippen molar-refractivity contribution in [2.24, 2.45) is 5.73 Å². The third-order valence-electron chi connectivity index (χ3n) is 2.94. The molecule has 0 bridgehead atoms. The van der Waals surface area contributed by atoms with Crippen LogP contribution in [0.15, 0.2) is 24.9 Å². The molecule has 5 nitrogen and oxygen atoms in total. The summed E-state index contributed by atoms with van der Waals surface area (Å²) in [6.45, 7) is 8.34. The van der Waals surface area contributed by atoms with Gasteiger partial charge in [-0.25, -0.2) is 0 Å². The highest BCUT2D eigenvalue weighted by Crippen LogP contribution is 2.27. The van der Waals surface area contributed by atoms with E-state index >= 15 is 0 Å². The van der Waals surface area contributed by atoms with Crippen molar-refractivity contribution in [2.45, 2.75) is 32.5 Å². The summed E-state index contributed by atoms with van der Waals surface area (Å²) in [7, 11) is 1.50. The zero-order valence-corrected chi connectivity index (χ0v) is 10.6. The second-order valence-corrected chi connectivity index (χ2v) is 3.91. The quantitative estimate of drug-likeness (QED) is 0.738. The first-order valence-corrected chi connectivity index (χ1v) is 5.69. The summed E-state index contributed by atoms with van der Waals surface area (Å²) in [6, 6.07) is 2.19. The Hall–Kier alpha value is -1.62. The Balaban J connectivity index is 0.000000686. The molecule has 1 aliphatic heterocycles. The predicted molar refractivity (Wildman–Crippen MR) is 67.3 cm³/mol. The van der Waals surface area contributed by atoms with Crippen molar-refractivity contribution in [1.82, 2.24) is 14.7 Å². The summed E-state index contributed by atoms with van der Waals surface area (Å²) in [5.41, 5.74) is 5.59. The van der Waals surface area contributed by atoms with Crippen LogP contribution in [0.4, 0.5) is 0 Å². The number of nitrogens with two attached hydrogens (primary N) is 1. The number of nitrogens with zero attached hydrogens (tertiary/aromatic N) is 3. The highest BCUT2D eigenvalue weighted by atomic mass is 16.2. The molecule has 0 spiro atoms. The third-order valence-corrected chi connectivity index (χ3v) is 2.94. The molecule has 2 atom stereocenters. The summed E-state index contributed by atoms with van der Waals surface area (Å²) in [4.78, 5) is 13.5. The molecule has 1 aromatic rings. The first-order valence-electron chi connectivity index (χ1n) is 5.69. The molecule has 5 heteroatoms. The van der Waals surface area contributed by atoms with Crippen LogP contribution in [0, 0.1) is 0 Å². The molecule has 2 unspecified atom stereocenters. The van der Waals surface area contributed by atoms with Gasteiger partial charge in [0.1, 0.15) is 0 Å². The summed E-state index contributed by atoms with van der Waals surface area (Å²) in [5.74, 6) is -0.0116. The van der Waals surface area contributed by atoms with Crippen LogP contribution in [0.25, 0.3) is 0 Å². The second kappa shape index (κ2) is 5.63. The highest BCUT2D eigenvalue weighted by molar-refractivity contribution is 5.87. The highest BCUT2D eigenvalue weighted by Gasteiger charge is 2.31. The van der Waals surface area contributed by atoms with Crippen LogP contribution in [0.1, 0.15) is 25.6 Å². The van der Waals surface area contributed by atoms with Crippen molar-refractivity contribution < 1.29 is 4.79 Å². The molecule has 0 aliphatic carbocycles. The fourth-order valence-electron chi connectivity index (χ4n) is 2.23. The van der Waals surface area contributed by atoms with Crippen molar-refractivity contribution in [3.05, 3.63) is 30.6 Å². The Morgan fingerprint density at radius 2 is 2.24 bits per heavy atom. The fourth-order valence-corrected chi connectivity index (χ4v) is 2.23. The van der Waals surface area contributed by atoms with Gasteiger partial charge in [0.05, 0.1) is 18.3 Å². The number of rotatable bonds is 1. The molecule has 0 saturated heterocycles. The molecule has 1 amide bonds. The van der Waals surface area contributed by atoms with E-state index in [9.17, 15) is 4.79 Å². The number of carbonyl (C=O) groups excluding carboxylic acids is 1. The summed E-state index contributed by atoms with van der Waals surface area (Å²) in [5, 5.41) is 4.23. The van der Waals surface area contributed by atoms with Crippen molar-refractivity contribution in [2.75, 3.05) is 7.05 Å². The lowest BCUT2D eigenvalue weighted by molar-refractivity contribution is -0.131. The number of hydrogen-bond donors (Lipinski definition) is 1. The molecule has 1 aliphatic rings. The van der Waals surface area contributed by atoms with Crippen LogP contribution in [-0.2, 0) is 11.3 Å². The van der Waals surface area contributed by atoms with Gasteiger partial charge in [0, 0.05) is 12.2 Å². The lowest BCUT2D eigenvalue weighted by Gasteiger charge is -2.38. The van der Waals surface area contributed by atoms with Crippen LogP contribution in [0.3, 0.4) is 0 Å². The standard InChI is InChI=1S/C11H15N3O.CH5N/c1-4-11(15)14-8(2)7-13-10(9(14)3)5-6-12-13;1-2/h4-6,8-9H,1,7H2,2-3H3;2H2,1H3. The lowest BCUT2D eigenvalue weighted by atomic mass is 10.1. The van der Waals surface area contributed by atoms with Gasteiger partial charge < -0.3 is 10.6 Å². The summed E-state index contributed by atoms with van der Waals surface area (Å²) >= 11 is 0. The van der Waals surface area contributed by atoms with Crippen LogP contribution >= 0.6 is 0 Å². The minimum absolute atomic E-state index is 0.0116. The first kappa shape index (κ1) is 13.4. The molecular formula is C12H20N4O. The van der Waals surface area contributed by atoms with Gasteiger partial charge in [-0.3, -0.25) is 9.48 Å². The molecule has 2 N–H and O–H groups in total. The molecule has 17 heavy (non-hydrogen) atoms. The van der Waals surface area contributed by atoms with Gasteiger partial charge >= 0.3 is 0 Å². The van der Waals surface area contributed by atoms with Gasteiger partial charge in [-0.1, -0.05) is 6.58 Å². The molecule has 94 valence electrons. The minimum Gasteiger partial charge on any atom is -0.333 e. The largest absolute Gasteiger partial charge is 0.333 e. The lowest BCUT2D eigenvalue weighted by Crippen LogP contribution is -2.46. The van der Waals surface area contributed by atoms with Crippen molar-refractivity contribution in [3.8, 4) is 0 Å². The van der Waals surface area contributed by atoms with Gasteiger partial charge in [0.2, 0.25) is 5.91 Å². The van der Waals surface area contributed by atoms with E-state index in [0.29, 0.717) is 0 Å². The number of aromatic nitrogens is 2. The van der Waals surface area contributed by atoms with Gasteiger partial charge in [-0.05, 0) is 33.0 Å². The van der Waals surface area contributed by atoms with Crippen LogP contribution < -0.4 is 5.73 Å². The SMILES string of the molecule is C=CC(=O)N1C(C)Cn2nccc2C1C.CN. The van der Waals surface area contributed by atoms with E-state index in [0.717, 1.165) is 12.2 Å². The van der Waals surface area contributed by atoms with Crippen molar-refractivity contribution in [3.63, 3.8) is 0 Å². The number of amides is 1. The Morgan fingerprint density at radius 1 is 1.59 bits per heavy atom. The van der Waals surface area contributed by atoms with E-state index in [1.807, 2.05) is 29.5 Å². The second-order valence-electron chi connectivity index (χ2n) is 3.91. The average molecular weight is 236 g/mol. The van der Waals surface area contributed by atoms with Crippen molar-refractivity contribution in [1.29, 1.82) is 0 Å². The number of carbonyl (C=O) groups is 1. The molecule has 0 saturated carbocycles. The van der Waals surface area contributed by atoms with E-state index in [2.05, 4.69) is 17.4 Å². The molecule has 0 fully saturated rings. The Morgan fingerprint density at radius 3 is 2.82 bits per heavy atom. The topological polar surface area (TPSA) is 64.2 Å². The molecular weight excluding hydrogens is 216 g/mol. The average Bonchev–Trinajstić information content (AvgIpc) is 2.79. The Bertz CT molecular complexity index is 399. The first-order chi connectivity index (χ1) is 8.15. The van der Waals surface area contributed by atoms with Crippen molar-refractivity contribution >= 4 is 5.91 Å². The number of fused-ring (bicyclic) bond motifs is 1. The number of hydrogen-bond acceptors (Lipinski definition) is 3. The van der Waals surface area contributed by atoms with Gasteiger partial charge in [-0.2, -0.15) is 5.10 Å². The smallest absolute Gasteiger partial charge is 0.246 e. The maximum atomic E-state index is 11.7. The predicted octanol–water partition coefficient (Wildman–Crippen LogP) is 0.936. The third kappa shape index (κ3) is 2.39. The summed E-state index contributed by atoms with van der Waals surface area (Å²) in [6.07, 6.45) is 3.15. The maximum Gasteiger partial charge on any atom is 0.246 e. The molecule has 2 rings (SSSR count). The van der Waals surface area contributed by atoms with Gasteiger partial charge in [0.15, 0.2) is 0 Å². The minimum atomic E-state index is -0.0116. The Labute approximate surface area is 102 Å². The normalized spacial score (nSPS) is 22.2. The molecule has 1 aromatic heterocycles. The van der Waals surface area contributed by atoms with Crippen LogP contribution in [0.5, 0.6) is 0 Å². The maximum absolute atomic E-state index is 11.7. The van der Waals surface area contributed by atoms with E-state index in [1.165, 1.54) is 13.1 Å². The van der Waals surface area contributed by atoms with Crippen LogP contribution in [0.2, 0.25) is 0 Å². The molecule has 2 heterocycles. The molecule has 0 aromatic carbocycles. The van der Waals surface area contributed by atoms with E-state index in [1.54, 1.807) is 6.20 Å². The van der Waals surface area contributed by atoms with Gasteiger partial charge in [0.25, 0.3) is 0 Å². The Kier molecular flexibility index (Phi) is 4.45. The zero-order valence-electron chi connectivity index (χ0n) is 10.6. The fraction of sp³-hybridized carbons (Fsp3) is 0.500. The zero-order chi connectivity index (χ0) is 13.0. The summed E-state index contributed by atoms with van der Waals surface area (Å²) < 4.78 is 1.96. The monoisotopic (exact) mass is 236 g/mol.